The van der Waals surface area contributed by atoms with E-state index in [2.05, 4.69) is 19.9 Å². The van der Waals surface area contributed by atoms with Crippen LogP contribution in [0.25, 0.3) is 11.0 Å². The quantitative estimate of drug-likeness (QED) is 0.819. The van der Waals surface area contributed by atoms with Crippen molar-refractivity contribution in [3.63, 3.8) is 0 Å². The summed E-state index contributed by atoms with van der Waals surface area (Å²) >= 11 is 0. The first kappa shape index (κ1) is 17.6. The van der Waals surface area contributed by atoms with Crippen LogP contribution in [0, 0.1) is 11.8 Å². The Hall–Kier alpha value is -1.81. The molecule has 1 saturated carbocycles. The van der Waals surface area contributed by atoms with Crippen LogP contribution in [-0.4, -0.2) is 66.0 Å². The number of aromatic amines is 1. The van der Waals surface area contributed by atoms with Crippen LogP contribution in [0.4, 0.5) is 14.6 Å². The Morgan fingerprint density at radius 2 is 2.08 bits per heavy atom. The van der Waals surface area contributed by atoms with Crippen molar-refractivity contribution < 1.29 is 17.2 Å². The molecule has 0 atom stereocenters. The number of halogens is 2. The van der Waals surface area contributed by atoms with E-state index in [1.54, 1.807) is 0 Å². The highest BCUT2D eigenvalue weighted by Crippen LogP contribution is 2.37. The van der Waals surface area contributed by atoms with Gasteiger partial charge in [0.2, 0.25) is 16.4 Å². The number of H-pyrrole nitrogens is 1. The molecule has 2 fully saturated rings. The standard InChI is InChI=1S/C16H21F2N5O2S/c1-22(16-13-2-3-19-15(13)20-9-21-16)12-4-10(5-12)8-26(24,25)23-6-11(7-23)14(17)18/h2-3,9-12,14H,4-8H2,1H3,(H,19,20,21)/t10-,12+. The number of nitrogens with one attached hydrogen (secondary N) is 1. The van der Waals surface area contributed by atoms with Crippen LogP contribution in [0.1, 0.15) is 12.8 Å². The molecule has 0 radical (unpaired) electrons. The fourth-order valence-electron chi connectivity index (χ4n) is 3.72. The Morgan fingerprint density at radius 1 is 1.35 bits per heavy atom. The lowest BCUT2D eigenvalue weighted by Gasteiger charge is -2.44. The van der Waals surface area contributed by atoms with Crippen LogP contribution in [0.2, 0.25) is 0 Å². The Balaban J connectivity index is 1.33. The molecule has 0 spiro atoms. The first-order valence-electron chi connectivity index (χ1n) is 8.62. The van der Waals surface area contributed by atoms with E-state index in [0.717, 1.165) is 29.7 Å². The van der Waals surface area contributed by atoms with E-state index in [-0.39, 0.29) is 30.8 Å². The highest BCUT2D eigenvalue weighted by atomic mass is 32.2. The van der Waals surface area contributed by atoms with Crippen LogP contribution in [0.15, 0.2) is 18.6 Å². The van der Waals surface area contributed by atoms with Crippen molar-refractivity contribution in [2.75, 3.05) is 30.8 Å². The zero-order chi connectivity index (χ0) is 18.5. The summed E-state index contributed by atoms with van der Waals surface area (Å²) in [6, 6.07) is 2.14. The highest BCUT2D eigenvalue weighted by Gasteiger charge is 2.43. The second-order valence-electron chi connectivity index (χ2n) is 7.23. The van der Waals surface area contributed by atoms with Gasteiger partial charge in [-0.05, 0) is 24.8 Å². The highest BCUT2D eigenvalue weighted by molar-refractivity contribution is 7.89. The number of anilines is 1. The lowest BCUT2D eigenvalue weighted by atomic mass is 9.81. The minimum Gasteiger partial charge on any atom is -0.356 e. The molecule has 2 aromatic rings. The Bertz CT molecular complexity index is 891. The van der Waals surface area contributed by atoms with Crippen LogP contribution in [0.3, 0.4) is 0 Å². The average molecular weight is 385 g/mol. The summed E-state index contributed by atoms with van der Waals surface area (Å²) < 4.78 is 50.9. The topological polar surface area (TPSA) is 82.2 Å². The average Bonchev–Trinajstić information content (AvgIpc) is 2.96. The molecule has 3 heterocycles. The van der Waals surface area contributed by atoms with Gasteiger partial charge in [-0.3, -0.25) is 0 Å². The Kier molecular flexibility index (Phi) is 4.34. The summed E-state index contributed by atoms with van der Waals surface area (Å²) in [6.45, 7) is -0.106. The molecule has 1 aliphatic carbocycles. The zero-order valence-electron chi connectivity index (χ0n) is 14.3. The Labute approximate surface area is 150 Å². The van der Waals surface area contributed by atoms with Crippen LogP contribution < -0.4 is 4.90 Å². The summed E-state index contributed by atoms with van der Waals surface area (Å²) in [5.41, 5.74) is 0.770. The van der Waals surface area contributed by atoms with Gasteiger partial charge in [0.25, 0.3) is 0 Å². The van der Waals surface area contributed by atoms with Gasteiger partial charge in [0.15, 0.2) is 0 Å². The van der Waals surface area contributed by atoms with Gasteiger partial charge in [-0.15, -0.1) is 0 Å². The van der Waals surface area contributed by atoms with Gasteiger partial charge in [-0.25, -0.2) is 31.5 Å². The van der Waals surface area contributed by atoms with E-state index in [1.807, 2.05) is 19.3 Å². The predicted molar refractivity (Wildman–Crippen MR) is 93.7 cm³/mol. The number of fused-ring (bicyclic) bond motifs is 1. The molecule has 1 saturated heterocycles. The van der Waals surface area contributed by atoms with E-state index >= 15 is 0 Å². The molecule has 1 aliphatic heterocycles. The smallest absolute Gasteiger partial charge is 0.243 e. The van der Waals surface area contributed by atoms with Gasteiger partial charge in [0, 0.05) is 38.3 Å². The van der Waals surface area contributed by atoms with Gasteiger partial charge in [-0.2, -0.15) is 0 Å². The maximum absolute atomic E-state index is 12.5. The summed E-state index contributed by atoms with van der Waals surface area (Å²) in [5.74, 6) is 0.106. The maximum Gasteiger partial charge on any atom is 0.243 e. The van der Waals surface area contributed by atoms with Crippen molar-refractivity contribution in [3.05, 3.63) is 18.6 Å². The van der Waals surface area contributed by atoms with Crippen molar-refractivity contribution in [3.8, 4) is 0 Å². The third-order valence-corrected chi connectivity index (χ3v) is 7.48. The maximum atomic E-state index is 12.5. The SMILES string of the molecule is CN(c1ncnc2[nH]ccc12)[C@H]1C[C@@H](CS(=O)(=O)N2CC(C(F)F)C2)C1. The monoisotopic (exact) mass is 385 g/mol. The molecule has 0 amide bonds. The zero-order valence-corrected chi connectivity index (χ0v) is 15.2. The minimum atomic E-state index is -3.44. The van der Waals surface area contributed by atoms with E-state index in [0.29, 0.717) is 0 Å². The largest absolute Gasteiger partial charge is 0.356 e. The molecule has 0 bridgehead atoms. The van der Waals surface area contributed by atoms with E-state index < -0.39 is 22.4 Å². The molecule has 142 valence electrons. The summed E-state index contributed by atoms with van der Waals surface area (Å²) in [6.07, 6.45) is 2.37. The van der Waals surface area contributed by atoms with Crippen LogP contribution >= 0.6 is 0 Å². The van der Waals surface area contributed by atoms with Gasteiger partial charge in [0.1, 0.15) is 17.8 Å². The van der Waals surface area contributed by atoms with E-state index in [9.17, 15) is 17.2 Å². The molecule has 10 heteroatoms. The van der Waals surface area contributed by atoms with Crippen LogP contribution in [-0.2, 0) is 10.0 Å². The van der Waals surface area contributed by atoms with Crippen LogP contribution in [0.5, 0.6) is 0 Å². The number of rotatable bonds is 6. The van der Waals surface area contributed by atoms with Gasteiger partial charge < -0.3 is 9.88 Å². The van der Waals surface area contributed by atoms with Gasteiger partial charge in [-0.1, -0.05) is 0 Å². The molecular formula is C16H21F2N5O2S. The van der Waals surface area contributed by atoms with E-state index in [1.165, 1.54) is 10.6 Å². The molecule has 2 aliphatic rings. The third-order valence-electron chi connectivity index (χ3n) is 5.50. The van der Waals surface area contributed by atoms with Crippen molar-refractivity contribution in [2.45, 2.75) is 25.3 Å². The number of sulfonamides is 1. The fourth-order valence-corrected chi connectivity index (χ4v) is 5.64. The van der Waals surface area contributed by atoms with Crippen molar-refractivity contribution in [1.29, 1.82) is 0 Å². The number of hydrogen-bond donors (Lipinski definition) is 1. The van der Waals surface area contributed by atoms with Crippen molar-refractivity contribution in [1.82, 2.24) is 19.3 Å². The normalized spacial score (nSPS) is 24.6. The number of aromatic nitrogens is 3. The van der Waals surface area contributed by atoms with Crippen molar-refractivity contribution in [2.24, 2.45) is 11.8 Å². The van der Waals surface area contributed by atoms with E-state index in [4.69, 9.17) is 0 Å². The second kappa shape index (κ2) is 6.41. The molecule has 1 N–H and O–H groups in total. The summed E-state index contributed by atoms with van der Waals surface area (Å²) in [4.78, 5) is 13.6. The van der Waals surface area contributed by atoms with Gasteiger partial charge >= 0.3 is 0 Å². The van der Waals surface area contributed by atoms with Gasteiger partial charge in [0.05, 0.1) is 11.1 Å². The molecule has 4 rings (SSSR count). The summed E-state index contributed by atoms with van der Waals surface area (Å²) in [5, 5.41) is 0.935. The first-order chi connectivity index (χ1) is 12.3. The molecule has 2 aromatic heterocycles. The lowest BCUT2D eigenvalue weighted by molar-refractivity contribution is 0.0121. The lowest BCUT2D eigenvalue weighted by Crippen LogP contribution is -2.55. The minimum absolute atomic E-state index is 0.0383. The predicted octanol–water partition coefficient (Wildman–Crippen LogP) is 1.70. The molecule has 7 nitrogen and oxygen atoms in total. The molecule has 0 unspecified atom stereocenters. The van der Waals surface area contributed by atoms with Crippen molar-refractivity contribution >= 4 is 26.9 Å². The summed E-state index contributed by atoms with van der Waals surface area (Å²) in [7, 11) is -1.49. The number of hydrogen-bond acceptors (Lipinski definition) is 5. The number of alkyl halides is 2. The Morgan fingerprint density at radius 3 is 2.77 bits per heavy atom. The third kappa shape index (κ3) is 3.05. The number of nitrogens with zero attached hydrogens (tertiary/aromatic N) is 4. The molecular weight excluding hydrogens is 364 g/mol. The fraction of sp³-hybridized carbons (Fsp3) is 0.625. The second-order valence-corrected chi connectivity index (χ2v) is 9.24. The molecule has 26 heavy (non-hydrogen) atoms. The first-order valence-corrected chi connectivity index (χ1v) is 10.2. The molecule has 0 aromatic carbocycles.